The number of esters is 2. The second-order valence-corrected chi connectivity index (χ2v) is 8.90. The van der Waals surface area contributed by atoms with Gasteiger partial charge in [-0.2, -0.15) is 0 Å². The zero-order valence-corrected chi connectivity index (χ0v) is 21.5. The van der Waals surface area contributed by atoms with Crippen molar-refractivity contribution in [2.45, 2.75) is 6.92 Å². The lowest BCUT2D eigenvalue weighted by atomic mass is 10.1. The van der Waals surface area contributed by atoms with E-state index in [1.807, 2.05) is 6.07 Å². The number of halogens is 3. The van der Waals surface area contributed by atoms with Gasteiger partial charge >= 0.3 is 11.9 Å². The molecule has 0 atom stereocenters. The van der Waals surface area contributed by atoms with E-state index in [0.29, 0.717) is 31.2 Å². The van der Waals surface area contributed by atoms with Gasteiger partial charge in [-0.25, -0.2) is 14.6 Å². The van der Waals surface area contributed by atoms with Crippen LogP contribution < -0.4 is 9.47 Å². The van der Waals surface area contributed by atoms with E-state index in [2.05, 4.69) is 50.2 Å². The Hall–Kier alpha value is -1.86. The third kappa shape index (κ3) is 5.89. The summed E-state index contributed by atoms with van der Waals surface area (Å²) in [4.78, 5) is 28.2. The standard InChI is InChI=1S/C21H16ClI2NO6/c1-3-29-18(26)10-30-19-15(24)6-11(8-17(19)28-2)7-16-21(27)31-20(25-16)13-9-12(23)4-5-14(13)22/h4-9H,3,10H2,1-2H3/b16-7-. The summed E-state index contributed by atoms with van der Waals surface area (Å²) in [5, 5.41) is 0.438. The van der Waals surface area contributed by atoms with Crippen LogP contribution in [0.5, 0.6) is 11.5 Å². The molecule has 31 heavy (non-hydrogen) atoms. The minimum atomic E-state index is -0.582. The molecule has 0 N–H and O–H groups in total. The molecule has 0 bridgehead atoms. The zero-order valence-electron chi connectivity index (χ0n) is 16.4. The van der Waals surface area contributed by atoms with E-state index in [1.54, 1.807) is 37.3 Å². The Bertz CT molecular complexity index is 1100. The van der Waals surface area contributed by atoms with E-state index in [9.17, 15) is 9.59 Å². The first-order chi connectivity index (χ1) is 14.8. The molecule has 0 amide bonds. The van der Waals surface area contributed by atoms with E-state index in [0.717, 1.165) is 3.57 Å². The average Bonchev–Trinajstić information content (AvgIpc) is 3.08. The first-order valence-corrected chi connectivity index (χ1v) is 11.5. The molecular formula is C21H16ClI2NO6. The number of hydrogen-bond acceptors (Lipinski definition) is 7. The van der Waals surface area contributed by atoms with E-state index < -0.39 is 11.9 Å². The highest BCUT2D eigenvalue weighted by Gasteiger charge is 2.26. The molecule has 2 aromatic rings. The van der Waals surface area contributed by atoms with Crippen LogP contribution >= 0.6 is 56.8 Å². The monoisotopic (exact) mass is 667 g/mol. The van der Waals surface area contributed by atoms with Crippen molar-refractivity contribution in [2.24, 2.45) is 4.99 Å². The normalized spacial score (nSPS) is 14.3. The Morgan fingerprint density at radius 3 is 2.74 bits per heavy atom. The maximum absolute atomic E-state index is 12.3. The Balaban J connectivity index is 1.89. The van der Waals surface area contributed by atoms with Crippen molar-refractivity contribution in [2.75, 3.05) is 20.3 Å². The summed E-state index contributed by atoms with van der Waals surface area (Å²) in [7, 11) is 1.48. The van der Waals surface area contributed by atoms with Crippen molar-refractivity contribution in [1.82, 2.24) is 0 Å². The van der Waals surface area contributed by atoms with E-state index in [1.165, 1.54) is 7.11 Å². The van der Waals surface area contributed by atoms with Crippen LogP contribution in [0.3, 0.4) is 0 Å². The minimum absolute atomic E-state index is 0.128. The van der Waals surface area contributed by atoms with Gasteiger partial charge in [0.05, 0.1) is 27.9 Å². The SMILES string of the molecule is CCOC(=O)COc1c(I)cc(/C=C2\N=C(c3cc(I)ccc3Cl)OC2=O)cc1OC. The Morgan fingerprint density at radius 1 is 1.26 bits per heavy atom. The summed E-state index contributed by atoms with van der Waals surface area (Å²) in [5.74, 6) is -0.102. The van der Waals surface area contributed by atoms with Crippen LogP contribution in [0.1, 0.15) is 18.1 Å². The molecule has 1 aliphatic rings. The molecule has 10 heteroatoms. The number of ether oxygens (including phenoxy) is 4. The van der Waals surface area contributed by atoms with Crippen molar-refractivity contribution in [1.29, 1.82) is 0 Å². The Labute approximate surface area is 211 Å². The van der Waals surface area contributed by atoms with Crippen LogP contribution in [-0.4, -0.2) is 38.2 Å². The molecule has 0 saturated carbocycles. The van der Waals surface area contributed by atoms with Crippen LogP contribution in [-0.2, 0) is 19.1 Å². The average molecular weight is 668 g/mol. The van der Waals surface area contributed by atoms with E-state index >= 15 is 0 Å². The third-order valence-corrected chi connectivity index (χ3v) is 5.78. The van der Waals surface area contributed by atoms with E-state index in [4.69, 9.17) is 30.5 Å². The number of rotatable bonds is 7. The van der Waals surface area contributed by atoms with Crippen molar-refractivity contribution in [3.63, 3.8) is 0 Å². The molecule has 0 saturated heterocycles. The summed E-state index contributed by atoms with van der Waals surface area (Å²) in [6.45, 7) is 1.76. The summed E-state index contributed by atoms with van der Waals surface area (Å²) in [6.07, 6.45) is 1.58. The first kappa shape index (κ1) is 23.8. The second kappa shape index (κ2) is 10.6. The summed E-state index contributed by atoms with van der Waals surface area (Å²) in [5.41, 5.74) is 1.32. The fourth-order valence-corrected chi connectivity index (χ4v) is 4.11. The molecular weight excluding hydrogens is 651 g/mol. The molecule has 3 rings (SSSR count). The van der Waals surface area contributed by atoms with Crippen LogP contribution in [0.15, 0.2) is 41.0 Å². The fraction of sp³-hybridized carbons (Fsp3) is 0.190. The van der Waals surface area contributed by atoms with Crippen molar-refractivity contribution >= 4 is 80.7 Å². The zero-order chi connectivity index (χ0) is 22.5. The predicted octanol–water partition coefficient (Wildman–Crippen LogP) is 4.84. The lowest BCUT2D eigenvalue weighted by molar-refractivity contribution is -0.145. The molecule has 0 aromatic heterocycles. The van der Waals surface area contributed by atoms with Gasteiger partial charge in [-0.15, -0.1) is 0 Å². The van der Waals surface area contributed by atoms with Gasteiger partial charge in [0.1, 0.15) is 0 Å². The van der Waals surface area contributed by atoms with Gasteiger partial charge in [-0.3, -0.25) is 0 Å². The van der Waals surface area contributed by atoms with E-state index in [-0.39, 0.29) is 24.8 Å². The lowest BCUT2D eigenvalue weighted by Gasteiger charge is -2.13. The number of aliphatic imine (C=N–C) groups is 1. The topological polar surface area (TPSA) is 83.4 Å². The molecule has 1 aliphatic heterocycles. The van der Waals surface area contributed by atoms with Crippen LogP contribution in [0.4, 0.5) is 0 Å². The van der Waals surface area contributed by atoms with Gasteiger partial charge in [0, 0.05) is 3.57 Å². The molecule has 0 unspecified atom stereocenters. The van der Waals surface area contributed by atoms with Crippen LogP contribution in [0.25, 0.3) is 6.08 Å². The molecule has 0 spiro atoms. The Kier molecular flexibility index (Phi) is 8.17. The molecule has 0 fully saturated rings. The number of benzene rings is 2. The molecule has 162 valence electrons. The number of cyclic esters (lactones) is 1. The number of nitrogens with zero attached hydrogens (tertiary/aromatic N) is 1. The molecule has 0 aliphatic carbocycles. The molecule has 1 heterocycles. The van der Waals surface area contributed by atoms with Gasteiger partial charge in [0.25, 0.3) is 0 Å². The minimum Gasteiger partial charge on any atom is -0.493 e. The third-order valence-electron chi connectivity index (χ3n) is 3.97. The lowest BCUT2D eigenvalue weighted by Crippen LogP contribution is -2.15. The summed E-state index contributed by atoms with van der Waals surface area (Å²) in [6, 6.07) is 8.81. The van der Waals surface area contributed by atoms with Crippen molar-refractivity contribution in [3.05, 3.63) is 59.3 Å². The summed E-state index contributed by atoms with van der Waals surface area (Å²) >= 11 is 10.4. The van der Waals surface area contributed by atoms with Gasteiger partial charge in [-0.05, 0) is 94.1 Å². The van der Waals surface area contributed by atoms with Crippen LogP contribution in [0, 0.1) is 7.14 Å². The smallest absolute Gasteiger partial charge is 0.363 e. The molecule has 2 aromatic carbocycles. The molecule has 7 nitrogen and oxygen atoms in total. The van der Waals surface area contributed by atoms with Gasteiger partial charge in [-0.1, -0.05) is 11.6 Å². The van der Waals surface area contributed by atoms with Crippen molar-refractivity contribution < 1.29 is 28.5 Å². The number of methoxy groups -OCH3 is 1. The van der Waals surface area contributed by atoms with Gasteiger partial charge in [0.15, 0.2) is 23.8 Å². The quantitative estimate of drug-likeness (QED) is 0.239. The number of carbonyl (C=O) groups is 2. The van der Waals surface area contributed by atoms with Crippen molar-refractivity contribution in [3.8, 4) is 11.5 Å². The highest BCUT2D eigenvalue weighted by molar-refractivity contribution is 14.1. The number of hydrogen-bond donors (Lipinski definition) is 0. The highest BCUT2D eigenvalue weighted by atomic mass is 127. The fourth-order valence-electron chi connectivity index (χ4n) is 2.64. The highest BCUT2D eigenvalue weighted by Crippen LogP contribution is 2.35. The maximum Gasteiger partial charge on any atom is 0.363 e. The van der Waals surface area contributed by atoms with Gasteiger partial charge in [0.2, 0.25) is 5.90 Å². The second-order valence-electron chi connectivity index (χ2n) is 6.09. The number of carbonyl (C=O) groups excluding carboxylic acids is 2. The van der Waals surface area contributed by atoms with Crippen LogP contribution in [0.2, 0.25) is 5.02 Å². The largest absolute Gasteiger partial charge is 0.493 e. The summed E-state index contributed by atoms with van der Waals surface area (Å²) < 4.78 is 22.7. The maximum atomic E-state index is 12.3. The van der Waals surface area contributed by atoms with Gasteiger partial charge < -0.3 is 18.9 Å². The Morgan fingerprint density at radius 2 is 2.03 bits per heavy atom. The predicted molar refractivity (Wildman–Crippen MR) is 133 cm³/mol. The first-order valence-electron chi connectivity index (χ1n) is 8.96. The molecule has 0 radical (unpaired) electrons.